The lowest BCUT2D eigenvalue weighted by atomic mass is 9.94. The minimum absolute atomic E-state index is 0.0390. The van der Waals surface area contributed by atoms with Crippen LogP contribution in [-0.4, -0.2) is 41.4 Å². The van der Waals surface area contributed by atoms with Crippen molar-refractivity contribution in [3.63, 3.8) is 0 Å². The smallest absolute Gasteiger partial charge is 0.240 e. The molecule has 0 bridgehead atoms. The molecule has 1 aromatic carbocycles. The van der Waals surface area contributed by atoms with E-state index in [1.807, 2.05) is 6.92 Å². The Morgan fingerprint density at radius 1 is 1.17 bits per heavy atom. The largest absolute Gasteiger partial charge is 0.393 e. The number of nitrogens with two attached hydrogens (primary N) is 1. The number of sulfonamides is 1. The maximum Gasteiger partial charge on any atom is 0.240 e. The summed E-state index contributed by atoms with van der Waals surface area (Å²) in [6.45, 7) is 1.85. The predicted molar refractivity (Wildman–Crippen MR) is 112 cm³/mol. The molecule has 4 rings (SSSR count). The highest BCUT2D eigenvalue weighted by Gasteiger charge is 2.33. The van der Waals surface area contributed by atoms with E-state index >= 15 is 0 Å². The van der Waals surface area contributed by atoms with Crippen LogP contribution in [0, 0.1) is 12.8 Å². The number of carbonyl (C=O) groups excluding carboxylic acids is 1. The Bertz CT molecular complexity index is 1070. The quantitative estimate of drug-likeness (QED) is 0.598. The van der Waals surface area contributed by atoms with Gasteiger partial charge in [0.05, 0.1) is 22.9 Å². The van der Waals surface area contributed by atoms with Gasteiger partial charge in [0, 0.05) is 17.5 Å². The van der Waals surface area contributed by atoms with Gasteiger partial charge in [-0.2, -0.15) is 0 Å². The summed E-state index contributed by atoms with van der Waals surface area (Å²) in [6.07, 6.45) is 5.17. The van der Waals surface area contributed by atoms with Crippen molar-refractivity contribution in [1.82, 2.24) is 14.7 Å². The first-order valence-electron chi connectivity index (χ1n) is 10.2. The van der Waals surface area contributed by atoms with Gasteiger partial charge >= 0.3 is 0 Å². The SMILES string of the molecule is Cc1ccc(S(=O)(=O)NC2CCC(O)CC2)cc1-c1cnc(N)c(C(=O)C2CC2)n1. The fourth-order valence-corrected chi connectivity index (χ4v) is 5.10. The Balaban J connectivity index is 1.63. The van der Waals surface area contributed by atoms with Gasteiger partial charge in [-0.15, -0.1) is 0 Å². The van der Waals surface area contributed by atoms with Crippen LogP contribution in [0.3, 0.4) is 0 Å². The van der Waals surface area contributed by atoms with Gasteiger partial charge in [-0.25, -0.2) is 23.1 Å². The lowest BCUT2D eigenvalue weighted by Gasteiger charge is -2.26. The van der Waals surface area contributed by atoms with E-state index in [1.54, 1.807) is 18.2 Å². The number of nitrogens with one attached hydrogen (secondary N) is 1. The molecule has 0 unspecified atom stereocenters. The molecule has 0 amide bonds. The topological polar surface area (TPSA) is 135 Å². The van der Waals surface area contributed by atoms with Crippen LogP contribution in [0.1, 0.15) is 54.6 Å². The number of aliphatic hydroxyl groups is 1. The summed E-state index contributed by atoms with van der Waals surface area (Å²) in [5.74, 6) is -0.0504. The number of hydrogen-bond donors (Lipinski definition) is 3. The highest BCUT2D eigenvalue weighted by molar-refractivity contribution is 7.89. The van der Waals surface area contributed by atoms with Gasteiger partial charge in [-0.05, 0) is 63.1 Å². The number of rotatable bonds is 6. The van der Waals surface area contributed by atoms with Crippen molar-refractivity contribution in [2.75, 3.05) is 5.73 Å². The first kappa shape index (κ1) is 20.9. The Kier molecular flexibility index (Phi) is 5.61. The third-order valence-electron chi connectivity index (χ3n) is 5.80. The number of benzene rings is 1. The molecule has 0 saturated heterocycles. The number of nitrogen functional groups attached to an aromatic ring is 1. The molecule has 0 atom stereocenters. The zero-order chi connectivity index (χ0) is 21.5. The monoisotopic (exact) mass is 430 g/mol. The minimum atomic E-state index is -3.73. The highest BCUT2D eigenvalue weighted by Crippen LogP contribution is 2.34. The second-order valence-electron chi connectivity index (χ2n) is 8.23. The number of anilines is 1. The molecule has 0 spiro atoms. The maximum atomic E-state index is 12.9. The maximum absolute atomic E-state index is 12.9. The number of aliphatic hydroxyl groups excluding tert-OH is 1. The normalized spacial score (nSPS) is 22.1. The van der Waals surface area contributed by atoms with Crippen LogP contribution in [0.5, 0.6) is 0 Å². The molecule has 0 radical (unpaired) electrons. The van der Waals surface area contributed by atoms with Gasteiger partial charge < -0.3 is 10.8 Å². The molecule has 2 aromatic rings. The van der Waals surface area contributed by atoms with Crippen molar-refractivity contribution in [3.05, 3.63) is 35.7 Å². The molecular weight excluding hydrogens is 404 g/mol. The lowest BCUT2D eigenvalue weighted by Crippen LogP contribution is -2.38. The van der Waals surface area contributed by atoms with Crippen molar-refractivity contribution in [2.24, 2.45) is 5.92 Å². The van der Waals surface area contributed by atoms with E-state index in [1.165, 1.54) is 6.20 Å². The van der Waals surface area contributed by atoms with Crippen LogP contribution < -0.4 is 10.5 Å². The summed E-state index contributed by atoms with van der Waals surface area (Å²) in [6, 6.07) is 4.64. The molecule has 8 nitrogen and oxygen atoms in total. The third-order valence-corrected chi connectivity index (χ3v) is 7.31. The Labute approximate surface area is 176 Å². The van der Waals surface area contributed by atoms with Crippen molar-refractivity contribution in [2.45, 2.75) is 62.5 Å². The lowest BCUT2D eigenvalue weighted by molar-refractivity contribution is 0.0963. The first-order chi connectivity index (χ1) is 14.2. The number of aromatic nitrogens is 2. The zero-order valence-corrected chi connectivity index (χ0v) is 17.7. The molecule has 2 saturated carbocycles. The van der Waals surface area contributed by atoms with Crippen molar-refractivity contribution < 1.29 is 18.3 Å². The van der Waals surface area contributed by atoms with Gasteiger partial charge in [0.2, 0.25) is 10.0 Å². The predicted octanol–water partition coefficient (Wildman–Crippen LogP) is 2.21. The second-order valence-corrected chi connectivity index (χ2v) is 9.95. The van der Waals surface area contributed by atoms with Gasteiger partial charge in [-0.1, -0.05) is 6.07 Å². The van der Waals surface area contributed by atoms with Crippen LogP contribution in [0.25, 0.3) is 11.3 Å². The molecule has 1 heterocycles. The van der Waals surface area contributed by atoms with Crippen LogP contribution in [-0.2, 0) is 10.0 Å². The minimum Gasteiger partial charge on any atom is -0.393 e. The number of nitrogens with zero attached hydrogens (tertiary/aromatic N) is 2. The van der Waals surface area contributed by atoms with Crippen LogP contribution >= 0.6 is 0 Å². The molecule has 1 aromatic heterocycles. The summed E-state index contributed by atoms with van der Waals surface area (Å²) in [4.78, 5) is 21.1. The second kappa shape index (κ2) is 8.05. The van der Waals surface area contributed by atoms with Crippen LogP contribution in [0.2, 0.25) is 0 Å². The van der Waals surface area contributed by atoms with E-state index in [0.717, 1.165) is 18.4 Å². The summed E-state index contributed by atoms with van der Waals surface area (Å²) in [5, 5.41) is 9.63. The number of Topliss-reactive ketones (excluding diaryl/α,β-unsaturated/α-hetero) is 1. The fourth-order valence-electron chi connectivity index (χ4n) is 3.77. The fraction of sp³-hybridized carbons (Fsp3) is 0.476. The highest BCUT2D eigenvalue weighted by atomic mass is 32.2. The molecular formula is C21H26N4O4S. The molecule has 30 heavy (non-hydrogen) atoms. The Morgan fingerprint density at radius 3 is 2.53 bits per heavy atom. The van der Waals surface area contributed by atoms with E-state index in [2.05, 4.69) is 14.7 Å². The summed E-state index contributed by atoms with van der Waals surface area (Å²) in [5.41, 5.74) is 7.85. The Morgan fingerprint density at radius 2 is 1.87 bits per heavy atom. The van der Waals surface area contributed by atoms with E-state index in [0.29, 0.717) is 36.9 Å². The average molecular weight is 431 g/mol. The molecule has 2 aliphatic rings. The van der Waals surface area contributed by atoms with E-state index in [4.69, 9.17) is 5.73 Å². The summed E-state index contributed by atoms with van der Waals surface area (Å²) >= 11 is 0. The van der Waals surface area contributed by atoms with Crippen molar-refractivity contribution >= 4 is 21.6 Å². The van der Waals surface area contributed by atoms with Crippen LogP contribution in [0.15, 0.2) is 29.3 Å². The van der Waals surface area contributed by atoms with Crippen LogP contribution in [0.4, 0.5) is 5.82 Å². The number of carbonyl (C=O) groups is 1. The zero-order valence-electron chi connectivity index (χ0n) is 16.8. The molecule has 9 heteroatoms. The molecule has 4 N–H and O–H groups in total. The van der Waals surface area contributed by atoms with Crippen molar-refractivity contribution in [1.29, 1.82) is 0 Å². The molecule has 2 fully saturated rings. The molecule has 0 aliphatic heterocycles. The van der Waals surface area contributed by atoms with Gasteiger partial charge in [0.1, 0.15) is 5.69 Å². The Hall–Kier alpha value is -2.36. The first-order valence-corrected chi connectivity index (χ1v) is 11.7. The average Bonchev–Trinajstić information content (AvgIpc) is 3.55. The van der Waals surface area contributed by atoms with E-state index in [-0.39, 0.29) is 40.3 Å². The number of hydrogen-bond acceptors (Lipinski definition) is 7. The third kappa shape index (κ3) is 4.38. The van der Waals surface area contributed by atoms with Crippen molar-refractivity contribution in [3.8, 4) is 11.3 Å². The van der Waals surface area contributed by atoms with Gasteiger partial charge in [0.15, 0.2) is 11.6 Å². The number of ketones is 1. The van der Waals surface area contributed by atoms with Gasteiger partial charge in [0.25, 0.3) is 0 Å². The summed E-state index contributed by atoms with van der Waals surface area (Å²) in [7, 11) is -3.73. The molecule has 160 valence electrons. The number of aryl methyl sites for hydroxylation is 1. The standard InChI is InChI=1S/C21H26N4O4S/c1-12-2-9-16(30(28,29)25-14-5-7-15(26)8-6-14)10-17(12)18-11-23-21(22)19(24-18)20(27)13-3-4-13/h2,9-11,13-15,25-26H,3-8H2,1H3,(H2,22,23). The summed E-state index contributed by atoms with van der Waals surface area (Å²) < 4.78 is 28.6. The van der Waals surface area contributed by atoms with E-state index in [9.17, 15) is 18.3 Å². The van der Waals surface area contributed by atoms with Gasteiger partial charge in [-0.3, -0.25) is 4.79 Å². The van der Waals surface area contributed by atoms with E-state index < -0.39 is 10.0 Å². The molecule has 2 aliphatic carbocycles.